The summed E-state index contributed by atoms with van der Waals surface area (Å²) >= 11 is 0. The zero-order valence-electron chi connectivity index (χ0n) is 10.9. The van der Waals surface area contributed by atoms with Gasteiger partial charge in [-0.1, -0.05) is 0 Å². The van der Waals surface area contributed by atoms with Gasteiger partial charge < -0.3 is 19.8 Å². The fraction of sp³-hybridized carbons (Fsp3) is 0.727. The number of carboxylic acid groups (broad SMARTS) is 1. The Morgan fingerprint density at radius 2 is 2.11 bits per heavy atom. The second kappa shape index (κ2) is 6.37. The lowest BCUT2D eigenvalue weighted by atomic mass is 10.1. The monoisotopic (exact) mass is 274 g/mol. The number of hydrogen-bond donors (Lipinski definition) is 2. The number of β-amino-alcohol motifs (C(OH)–C–C–N with tert-alkyl or cyclic N) is 1. The molecule has 2 N–H and O–H groups in total. The number of amides is 2. The molecule has 0 spiro atoms. The van der Waals surface area contributed by atoms with Gasteiger partial charge in [0.15, 0.2) is 0 Å². The molecule has 0 aromatic carbocycles. The highest BCUT2D eigenvalue weighted by Crippen LogP contribution is 2.12. The van der Waals surface area contributed by atoms with E-state index < -0.39 is 24.2 Å². The van der Waals surface area contributed by atoms with Crippen LogP contribution in [0.3, 0.4) is 0 Å². The van der Waals surface area contributed by atoms with Crippen LogP contribution in [0.2, 0.25) is 0 Å². The van der Waals surface area contributed by atoms with Crippen LogP contribution in [0.25, 0.3) is 0 Å². The van der Waals surface area contributed by atoms with Crippen molar-refractivity contribution in [3.8, 4) is 0 Å². The Balaban J connectivity index is 2.55. The van der Waals surface area contributed by atoms with E-state index in [0.29, 0.717) is 0 Å². The summed E-state index contributed by atoms with van der Waals surface area (Å²) in [5.74, 6) is -0.935. The van der Waals surface area contributed by atoms with Crippen LogP contribution in [0, 0.1) is 0 Å². The Morgan fingerprint density at radius 3 is 2.63 bits per heavy atom. The minimum atomic E-state index is -1.14. The molecular weight excluding hydrogens is 256 g/mol. The first-order valence-corrected chi connectivity index (χ1v) is 5.90. The van der Waals surface area contributed by atoms with Crippen molar-refractivity contribution < 1.29 is 29.3 Å². The van der Waals surface area contributed by atoms with Crippen molar-refractivity contribution in [2.75, 3.05) is 26.7 Å². The summed E-state index contributed by atoms with van der Waals surface area (Å²) in [6, 6.07) is -0.781. The van der Waals surface area contributed by atoms with Gasteiger partial charge in [0.05, 0.1) is 19.6 Å². The number of carbonyl (C=O) groups is 3. The number of rotatable bonds is 4. The maximum atomic E-state index is 11.9. The van der Waals surface area contributed by atoms with E-state index >= 15 is 0 Å². The molecule has 0 saturated carbocycles. The molecule has 8 nitrogen and oxygen atoms in total. The van der Waals surface area contributed by atoms with E-state index in [1.807, 2.05) is 0 Å². The van der Waals surface area contributed by atoms with Gasteiger partial charge in [0.1, 0.15) is 6.04 Å². The minimum Gasteiger partial charge on any atom is -0.469 e. The van der Waals surface area contributed by atoms with Crippen molar-refractivity contribution in [2.45, 2.75) is 25.5 Å². The Hall–Kier alpha value is -1.83. The van der Waals surface area contributed by atoms with Crippen LogP contribution in [0.5, 0.6) is 0 Å². The van der Waals surface area contributed by atoms with Gasteiger partial charge in [-0.25, -0.2) is 4.79 Å². The van der Waals surface area contributed by atoms with Gasteiger partial charge in [-0.15, -0.1) is 0 Å². The number of carbonyl (C=O) groups excluding carboxylic acids is 2. The predicted molar refractivity (Wildman–Crippen MR) is 63.4 cm³/mol. The molecule has 2 atom stereocenters. The number of piperazine rings is 1. The highest BCUT2D eigenvalue weighted by molar-refractivity contribution is 5.86. The molecule has 19 heavy (non-hydrogen) atoms. The average Bonchev–Trinajstić information content (AvgIpc) is 2.34. The summed E-state index contributed by atoms with van der Waals surface area (Å²) in [7, 11) is 1.22. The first-order chi connectivity index (χ1) is 8.86. The van der Waals surface area contributed by atoms with E-state index in [1.165, 1.54) is 18.9 Å². The SMILES string of the molecule is COC(=O)C[C@@H](O)CN1CCN(C(=O)O)[C@@H](C)C1=O. The van der Waals surface area contributed by atoms with Crippen molar-refractivity contribution in [2.24, 2.45) is 0 Å². The summed E-state index contributed by atoms with van der Waals surface area (Å²) in [5, 5.41) is 18.5. The molecule has 1 aliphatic heterocycles. The topological polar surface area (TPSA) is 107 Å². The van der Waals surface area contributed by atoms with E-state index in [0.717, 1.165) is 4.90 Å². The number of ether oxygens (including phenoxy) is 1. The smallest absolute Gasteiger partial charge is 0.408 e. The number of nitrogens with zero attached hydrogens (tertiary/aromatic N) is 2. The first-order valence-electron chi connectivity index (χ1n) is 5.90. The highest BCUT2D eigenvalue weighted by atomic mass is 16.5. The third-order valence-electron chi connectivity index (χ3n) is 3.05. The van der Waals surface area contributed by atoms with Gasteiger partial charge in [-0.05, 0) is 6.92 Å². The third kappa shape index (κ3) is 3.82. The number of aliphatic hydroxyl groups is 1. The maximum Gasteiger partial charge on any atom is 0.408 e. The standard InChI is InChI=1S/C11H18N2O6/c1-7-10(16)12(3-4-13(7)11(17)18)6-8(14)5-9(15)19-2/h7-8,14H,3-6H2,1-2H3,(H,17,18)/t7-,8+/m0/s1. The Kier molecular flexibility index (Phi) is 5.11. The molecule has 1 rings (SSSR count). The van der Waals surface area contributed by atoms with Crippen LogP contribution in [0.15, 0.2) is 0 Å². The quantitative estimate of drug-likeness (QED) is 0.645. The van der Waals surface area contributed by atoms with E-state index in [1.54, 1.807) is 0 Å². The van der Waals surface area contributed by atoms with Crippen LogP contribution in [-0.2, 0) is 14.3 Å². The fourth-order valence-corrected chi connectivity index (χ4v) is 1.97. The number of aliphatic hydroxyl groups excluding tert-OH is 1. The molecule has 0 aromatic rings. The summed E-state index contributed by atoms with van der Waals surface area (Å²) in [5.41, 5.74) is 0. The van der Waals surface area contributed by atoms with E-state index in [-0.39, 0.29) is 32.0 Å². The molecule has 0 unspecified atom stereocenters. The first kappa shape index (κ1) is 15.2. The minimum absolute atomic E-state index is 0.00820. The van der Waals surface area contributed by atoms with Crippen molar-refractivity contribution in [3.63, 3.8) is 0 Å². The highest BCUT2D eigenvalue weighted by Gasteiger charge is 2.35. The van der Waals surface area contributed by atoms with Crippen LogP contribution in [0.1, 0.15) is 13.3 Å². The van der Waals surface area contributed by atoms with Crippen LogP contribution in [0.4, 0.5) is 4.79 Å². The number of esters is 1. The zero-order chi connectivity index (χ0) is 14.6. The van der Waals surface area contributed by atoms with Gasteiger partial charge >= 0.3 is 12.1 Å². The molecule has 0 radical (unpaired) electrons. The molecule has 0 aliphatic carbocycles. The molecule has 2 amide bonds. The van der Waals surface area contributed by atoms with Gasteiger partial charge in [0, 0.05) is 19.6 Å². The fourth-order valence-electron chi connectivity index (χ4n) is 1.97. The molecule has 1 heterocycles. The Labute approximate surface area is 110 Å². The summed E-state index contributed by atoms with van der Waals surface area (Å²) in [6.07, 6.45) is -2.35. The molecule has 1 fully saturated rings. The van der Waals surface area contributed by atoms with Crippen molar-refractivity contribution in [3.05, 3.63) is 0 Å². The summed E-state index contributed by atoms with van der Waals surface area (Å²) < 4.78 is 4.42. The Morgan fingerprint density at radius 1 is 1.47 bits per heavy atom. The lowest BCUT2D eigenvalue weighted by Crippen LogP contribution is -2.58. The van der Waals surface area contributed by atoms with Crippen LogP contribution < -0.4 is 0 Å². The van der Waals surface area contributed by atoms with Crippen LogP contribution in [-0.4, -0.2) is 76.9 Å². The van der Waals surface area contributed by atoms with Crippen LogP contribution >= 0.6 is 0 Å². The molecule has 0 aromatic heterocycles. The Bertz CT molecular complexity index is 372. The van der Waals surface area contributed by atoms with Gasteiger partial charge in [0.2, 0.25) is 5.91 Å². The molecule has 8 heteroatoms. The zero-order valence-corrected chi connectivity index (χ0v) is 10.9. The van der Waals surface area contributed by atoms with E-state index in [9.17, 15) is 19.5 Å². The van der Waals surface area contributed by atoms with E-state index in [2.05, 4.69) is 4.74 Å². The van der Waals surface area contributed by atoms with Crippen molar-refractivity contribution in [1.82, 2.24) is 9.80 Å². The molecule has 0 bridgehead atoms. The van der Waals surface area contributed by atoms with Gasteiger partial charge in [-0.3, -0.25) is 14.5 Å². The van der Waals surface area contributed by atoms with Gasteiger partial charge in [-0.2, -0.15) is 0 Å². The maximum absolute atomic E-state index is 11.9. The largest absolute Gasteiger partial charge is 0.469 e. The lowest BCUT2D eigenvalue weighted by Gasteiger charge is -2.38. The molecular formula is C11H18N2O6. The average molecular weight is 274 g/mol. The summed E-state index contributed by atoms with van der Waals surface area (Å²) in [4.78, 5) is 36.2. The summed E-state index contributed by atoms with van der Waals surface area (Å²) in [6.45, 7) is 1.88. The number of hydrogen-bond acceptors (Lipinski definition) is 5. The van der Waals surface area contributed by atoms with Crippen molar-refractivity contribution in [1.29, 1.82) is 0 Å². The third-order valence-corrected chi connectivity index (χ3v) is 3.05. The van der Waals surface area contributed by atoms with E-state index in [4.69, 9.17) is 5.11 Å². The van der Waals surface area contributed by atoms with Crippen molar-refractivity contribution >= 4 is 18.0 Å². The predicted octanol–water partition coefficient (Wildman–Crippen LogP) is -0.879. The molecule has 1 aliphatic rings. The number of methoxy groups -OCH3 is 1. The second-order valence-electron chi connectivity index (χ2n) is 4.37. The van der Waals surface area contributed by atoms with Gasteiger partial charge in [0.25, 0.3) is 0 Å². The normalized spacial score (nSPS) is 21.2. The molecule has 108 valence electrons. The molecule has 1 saturated heterocycles. The lowest BCUT2D eigenvalue weighted by molar-refractivity contribution is -0.146. The second-order valence-corrected chi connectivity index (χ2v) is 4.37.